The molecule has 2 aromatic carbocycles. The third kappa shape index (κ3) is 3.76. The molecule has 0 atom stereocenters. The van der Waals surface area contributed by atoms with Crippen LogP contribution in [-0.4, -0.2) is 14.9 Å². The molecule has 1 heterocycles. The summed E-state index contributed by atoms with van der Waals surface area (Å²) >= 11 is 9.43. The first-order valence-corrected chi connectivity index (χ1v) is 9.49. The number of fused-ring (bicyclic) bond motifs is 1. The van der Waals surface area contributed by atoms with E-state index in [9.17, 15) is 0 Å². The number of alkyl halides is 1. The van der Waals surface area contributed by atoms with Crippen LogP contribution in [0.5, 0.6) is 5.75 Å². The van der Waals surface area contributed by atoms with Crippen LogP contribution in [0.4, 0.5) is 0 Å². The minimum atomic E-state index is 0.441. The molecule has 0 radical (unpaired) electrons. The number of imidazole rings is 1. The van der Waals surface area contributed by atoms with Crippen molar-refractivity contribution in [1.82, 2.24) is 9.55 Å². The Morgan fingerprint density at radius 2 is 1.83 bits per heavy atom. The van der Waals surface area contributed by atoms with E-state index in [0.717, 1.165) is 35.4 Å². The van der Waals surface area contributed by atoms with Crippen molar-refractivity contribution in [2.24, 2.45) is 0 Å². The first-order chi connectivity index (χ1) is 11.6. The van der Waals surface area contributed by atoms with Gasteiger partial charge in [0.05, 0.1) is 11.0 Å². The zero-order valence-corrected chi connectivity index (χ0v) is 16.2. The Kier molecular flexibility index (Phi) is 5.47. The largest absolute Gasteiger partial charge is 0.486 e. The molecular formula is C19H20BrClN2O. The summed E-state index contributed by atoms with van der Waals surface area (Å²) in [5, 5.41) is 1.67. The number of hydrogen-bond acceptors (Lipinski definition) is 2. The molecule has 0 N–H and O–H groups in total. The van der Waals surface area contributed by atoms with Crippen LogP contribution < -0.4 is 4.74 Å². The van der Waals surface area contributed by atoms with Gasteiger partial charge in [0.1, 0.15) is 18.2 Å². The van der Waals surface area contributed by atoms with E-state index in [1.807, 2.05) is 24.3 Å². The SMILES string of the molecule is Cc1cc2nc(COc3ccc(Cl)cc3)n(CCCBr)c2cc1C. The number of rotatable bonds is 6. The number of nitrogens with zero attached hydrogens (tertiary/aromatic N) is 2. The lowest BCUT2D eigenvalue weighted by Crippen LogP contribution is -2.08. The van der Waals surface area contributed by atoms with Gasteiger partial charge in [-0.05, 0) is 67.8 Å². The van der Waals surface area contributed by atoms with Gasteiger partial charge in [-0.2, -0.15) is 0 Å². The fraction of sp³-hybridized carbons (Fsp3) is 0.316. The lowest BCUT2D eigenvalue weighted by molar-refractivity contribution is 0.290. The van der Waals surface area contributed by atoms with Crippen LogP contribution >= 0.6 is 27.5 Å². The molecule has 1 aromatic heterocycles. The Bertz CT molecular complexity index is 843. The predicted octanol–water partition coefficient (Wildman–Crippen LogP) is 5.67. The van der Waals surface area contributed by atoms with Crippen LogP contribution in [0.15, 0.2) is 36.4 Å². The fourth-order valence-corrected chi connectivity index (χ4v) is 3.06. The van der Waals surface area contributed by atoms with Crippen molar-refractivity contribution in [2.75, 3.05) is 5.33 Å². The van der Waals surface area contributed by atoms with Gasteiger partial charge in [0.2, 0.25) is 0 Å². The Balaban J connectivity index is 1.91. The smallest absolute Gasteiger partial charge is 0.147 e. The molecule has 0 spiro atoms. The highest BCUT2D eigenvalue weighted by Crippen LogP contribution is 2.23. The predicted molar refractivity (Wildman–Crippen MR) is 103 cm³/mol. The zero-order chi connectivity index (χ0) is 17.1. The second-order valence-electron chi connectivity index (χ2n) is 5.89. The average molecular weight is 408 g/mol. The molecule has 5 heteroatoms. The molecular weight excluding hydrogens is 388 g/mol. The molecule has 24 heavy (non-hydrogen) atoms. The highest BCUT2D eigenvalue weighted by Gasteiger charge is 2.12. The van der Waals surface area contributed by atoms with Crippen molar-refractivity contribution in [1.29, 1.82) is 0 Å². The molecule has 3 aromatic rings. The maximum atomic E-state index is 5.92. The van der Waals surface area contributed by atoms with E-state index >= 15 is 0 Å². The Labute approximate surface area is 155 Å². The second-order valence-corrected chi connectivity index (χ2v) is 7.12. The quantitative estimate of drug-likeness (QED) is 0.492. The van der Waals surface area contributed by atoms with E-state index < -0.39 is 0 Å². The van der Waals surface area contributed by atoms with E-state index in [0.29, 0.717) is 11.6 Å². The second kappa shape index (κ2) is 7.58. The zero-order valence-electron chi connectivity index (χ0n) is 13.9. The van der Waals surface area contributed by atoms with Gasteiger partial charge in [0.25, 0.3) is 0 Å². The number of hydrogen-bond donors (Lipinski definition) is 0. The summed E-state index contributed by atoms with van der Waals surface area (Å²) in [6, 6.07) is 11.8. The molecule has 0 aliphatic rings. The number of halogens is 2. The van der Waals surface area contributed by atoms with Crippen LogP contribution in [0.25, 0.3) is 11.0 Å². The molecule has 0 aliphatic heterocycles. The van der Waals surface area contributed by atoms with Crippen molar-refractivity contribution in [2.45, 2.75) is 33.4 Å². The van der Waals surface area contributed by atoms with Gasteiger partial charge in [-0.15, -0.1) is 0 Å². The molecule has 0 aliphatic carbocycles. The van der Waals surface area contributed by atoms with Gasteiger partial charge in [0.15, 0.2) is 0 Å². The summed E-state index contributed by atoms with van der Waals surface area (Å²) < 4.78 is 8.17. The molecule has 0 bridgehead atoms. The molecule has 126 valence electrons. The third-order valence-electron chi connectivity index (χ3n) is 4.14. The van der Waals surface area contributed by atoms with Gasteiger partial charge in [-0.3, -0.25) is 0 Å². The van der Waals surface area contributed by atoms with Crippen LogP contribution in [0.2, 0.25) is 5.02 Å². The molecule has 0 amide bonds. The van der Waals surface area contributed by atoms with E-state index in [1.54, 1.807) is 0 Å². The Hall–Kier alpha value is -1.52. The molecule has 0 saturated carbocycles. The Morgan fingerprint density at radius 1 is 1.12 bits per heavy atom. The topological polar surface area (TPSA) is 27.1 Å². The van der Waals surface area contributed by atoms with E-state index in [-0.39, 0.29) is 0 Å². The number of aromatic nitrogens is 2. The van der Waals surface area contributed by atoms with Gasteiger partial charge >= 0.3 is 0 Å². The molecule has 3 nitrogen and oxygen atoms in total. The standard InChI is InChI=1S/C19H20BrClN2O/c1-13-10-17-18(11-14(13)2)23(9-3-8-20)19(22-17)12-24-16-6-4-15(21)5-7-16/h4-7,10-11H,3,8-9,12H2,1-2H3. The molecule has 0 saturated heterocycles. The fourth-order valence-electron chi connectivity index (χ4n) is 2.69. The third-order valence-corrected chi connectivity index (χ3v) is 4.95. The Morgan fingerprint density at radius 3 is 2.54 bits per heavy atom. The number of aryl methyl sites for hydroxylation is 3. The van der Waals surface area contributed by atoms with Crippen LogP contribution in [0, 0.1) is 13.8 Å². The number of ether oxygens (including phenoxy) is 1. The first kappa shape index (κ1) is 17.3. The minimum Gasteiger partial charge on any atom is -0.486 e. The minimum absolute atomic E-state index is 0.441. The molecule has 0 fully saturated rings. The van der Waals surface area contributed by atoms with Gasteiger partial charge in [0, 0.05) is 16.9 Å². The van der Waals surface area contributed by atoms with Crippen LogP contribution in [0.1, 0.15) is 23.4 Å². The summed E-state index contributed by atoms with van der Waals surface area (Å²) in [5.74, 6) is 1.75. The van der Waals surface area contributed by atoms with Crippen LogP contribution in [0.3, 0.4) is 0 Å². The van der Waals surface area contributed by atoms with Crippen molar-refractivity contribution in [3.63, 3.8) is 0 Å². The first-order valence-electron chi connectivity index (χ1n) is 7.99. The van der Waals surface area contributed by atoms with E-state index in [2.05, 4.69) is 46.5 Å². The molecule has 0 unspecified atom stereocenters. The number of benzene rings is 2. The summed E-state index contributed by atoms with van der Waals surface area (Å²) in [4.78, 5) is 4.80. The molecule has 3 rings (SSSR count). The summed E-state index contributed by atoms with van der Waals surface area (Å²) in [6.45, 7) is 5.62. The summed E-state index contributed by atoms with van der Waals surface area (Å²) in [6.07, 6.45) is 1.05. The van der Waals surface area contributed by atoms with Crippen molar-refractivity contribution >= 4 is 38.6 Å². The van der Waals surface area contributed by atoms with Crippen LogP contribution in [-0.2, 0) is 13.2 Å². The van der Waals surface area contributed by atoms with Crippen molar-refractivity contribution in [3.05, 3.63) is 58.4 Å². The van der Waals surface area contributed by atoms with E-state index in [1.165, 1.54) is 16.6 Å². The average Bonchev–Trinajstić information content (AvgIpc) is 2.89. The normalized spacial score (nSPS) is 11.2. The highest BCUT2D eigenvalue weighted by molar-refractivity contribution is 9.09. The maximum absolute atomic E-state index is 5.92. The summed E-state index contributed by atoms with van der Waals surface area (Å²) in [5.41, 5.74) is 4.75. The lowest BCUT2D eigenvalue weighted by atomic mass is 10.1. The van der Waals surface area contributed by atoms with Gasteiger partial charge < -0.3 is 9.30 Å². The van der Waals surface area contributed by atoms with Crippen molar-refractivity contribution < 1.29 is 4.74 Å². The van der Waals surface area contributed by atoms with Gasteiger partial charge in [-0.25, -0.2) is 4.98 Å². The maximum Gasteiger partial charge on any atom is 0.147 e. The summed E-state index contributed by atoms with van der Waals surface area (Å²) in [7, 11) is 0. The lowest BCUT2D eigenvalue weighted by Gasteiger charge is -2.10. The highest BCUT2D eigenvalue weighted by atomic mass is 79.9. The van der Waals surface area contributed by atoms with E-state index in [4.69, 9.17) is 21.3 Å². The van der Waals surface area contributed by atoms with Gasteiger partial charge in [-0.1, -0.05) is 27.5 Å². The monoisotopic (exact) mass is 406 g/mol. The van der Waals surface area contributed by atoms with Crippen molar-refractivity contribution in [3.8, 4) is 5.75 Å².